The molecule has 0 spiro atoms. The molecular formula is C12H12Cl2N4O2. The van der Waals surface area contributed by atoms with Gasteiger partial charge in [-0.05, 0) is 19.1 Å². The number of carbonyl (C=O) groups excluding carboxylic acids is 1. The molecule has 0 bridgehead atoms. The molecule has 106 valence electrons. The Bertz CT molecular complexity index is 642. The van der Waals surface area contributed by atoms with Crippen molar-refractivity contribution in [3.8, 4) is 0 Å². The number of nitrogens with two attached hydrogens (primary N) is 1. The number of hydrogen-bond acceptors (Lipinski definition) is 5. The van der Waals surface area contributed by atoms with Gasteiger partial charge in [0.2, 0.25) is 5.89 Å². The van der Waals surface area contributed by atoms with Gasteiger partial charge in [0.05, 0.1) is 15.6 Å². The van der Waals surface area contributed by atoms with Crippen LogP contribution in [0.2, 0.25) is 10.0 Å². The predicted octanol–water partition coefficient (Wildman–Crippen LogP) is 2.24. The molecule has 1 heterocycles. The summed E-state index contributed by atoms with van der Waals surface area (Å²) in [5.41, 5.74) is 6.24. The first-order valence-electron chi connectivity index (χ1n) is 5.79. The highest BCUT2D eigenvalue weighted by molar-refractivity contribution is 6.44. The smallest absolute Gasteiger partial charge is 0.252 e. The zero-order valence-electron chi connectivity index (χ0n) is 10.6. The van der Waals surface area contributed by atoms with Gasteiger partial charge in [-0.15, -0.1) is 0 Å². The molecule has 6 nitrogen and oxygen atoms in total. The molecule has 0 aliphatic heterocycles. The Balaban J connectivity index is 1.98. The lowest BCUT2D eigenvalue weighted by Gasteiger charge is -2.08. The van der Waals surface area contributed by atoms with Crippen molar-refractivity contribution in [2.45, 2.75) is 13.3 Å². The molecule has 0 saturated carbocycles. The van der Waals surface area contributed by atoms with Crippen LogP contribution < -0.4 is 11.1 Å². The molecule has 3 N–H and O–H groups in total. The molecule has 0 atom stereocenters. The van der Waals surface area contributed by atoms with Gasteiger partial charge in [-0.2, -0.15) is 4.98 Å². The molecule has 1 aromatic heterocycles. The Morgan fingerprint density at radius 1 is 1.45 bits per heavy atom. The number of halogens is 2. The lowest BCUT2D eigenvalue weighted by Crippen LogP contribution is -2.26. The molecular weight excluding hydrogens is 303 g/mol. The third-order valence-corrected chi connectivity index (χ3v) is 3.29. The number of aryl methyl sites for hydroxylation is 1. The van der Waals surface area contributed by atoms with Crippen LogP contribution in [0.4, 0.5) is 5.69 Å². The molecule has 0 aliphatic carbocycles. The number of anilines is 1. The average molecular weight is 315 g/mol. The number of aromatic nitrogens is 2. The summed E-state index contributed by atoms with van der Waals surface area (Å²) in [5, 5.41) is 6.76. The second-order valence-corrected chi connectivity index (χ2v) is 4.89. The van der Waals surface area contributed by atoms with E-state index in [0.717, 1.165) is 0 Å². The third kappa shape index (κ3) is 3.40. The summed E-state index contributed by atoms with van der Waals surface area (Å²) in [4.78, 5) is 16.0. The summed E-state index contributed by atoms with van der Waals surface area (Å²) in [6.45, 7) is 2.06. The first-order chi connectivity index (χ1) is 9.47. The van der Waals surface area contributed by atoms with Gasteiger partial charge < -0.3 is 15.6 Å². The van der Waals surface area contributed by atoms with Crippen LogP contribution in [0.15, 0.2) is 16.7 Å². The maximum Gasteiger partial charge on any atom is 0.252 e. The second kappa shape index (κ2) is 6.11. The third-order valence-electron chi connectivity index (χ3n) is 2.49. The van der Waals surface area contributed by atoms with Crippen LogP contribution in [0.25, 0.3) is 0 Å². The van der Waals surface area contributed by atoms with E-state index in [0.29, 0.717) is 30.4 Å². The van der Waals surface area contributed by atoms with E-state index in [9.17, 15) is 4.79 Å². The highest BCUT2D eigenvalue weighted by atomic mass is 35.5. The topological polar surface area (TPSA) is 94.0 Å². The summed E-state index contributed by atoms with van der Waals surface area (Å²) >= 11 is 11.8. The maximum absolute atomic E-state index is 12.0. The van der Waals surface area contributed by atoms with Crippen LogP contribution in [0.1, 0.15) is 22.1 Å². The second-order valence-electron chi connectivity index (χ2n) is 4.11. The number of amides is 1. The van der Waals surface area contributed by atoms with Crippen LogP contribution in [-0.2, 0) is 6.42 Å². The zero-order valence-corrected chi connectivity index (χ0v) is 12.1. The number of nitrogen functional groups attached to an aromatic ring is 1. The Hall–Kier alpha value is -1.79. The molecule has 0 radical (unpaired) electrons. The summed E-state index contributed by atoms with van der Waals surface area (Å²) in [6.07, 6.45) is 0.431. The lowest BCUT2D eigenvalue weighted by molar-refractivity contribution is 0.0953. The fourth-order valence-corrected chi connectivity index (χ4v) is 2.02. The van der Waals surface area contributed by atoms with Crippen molar-refractivity contribution < 1.29 is 9.32 Å². The van der Waals surface area contributed by atoms with Crippen molar-refractivity contribution in [2.75, 3.05) is 12.3 Å². The van der Waals surface area contributed by atoms with Crippen LogP contribution >= 0.6 is 23.2 Å². The molecule has 2 aromatic rings. The van der Waals surface area contributed by atoms with E-state index >= 15 is 0 Å². The molecule has 0 saturated heterocycles. The summed E-state index contributed by atoms with van der Waals surface area (Å²) in [5.74, 6) is 0.650. The predicted molar refractivity (Wildman–Crippen MR) is 75.9 cm³/mol. The van der Waals surface area contributed by atoms with E-state index in [4.69, 9.17) is 33.5 Å². The van der Waals surface area contributed by atoms with Crippen molar-refractivity contribution in [2.24, 2.45) is 0 Å². The lowest BCUT2D eigenvalue weighted by atomic mass is 10.2. The SMILES string of the molecule is Cc1noc(CCNC(=O)c2cc(N)cc(Cl)c2Cl)n1. The van der Waals surface area contributed by atoms with Gasteiger partial charge in [0.15, 0.2) is 5.82 Å². The van der Waals surface area contributed by atoms with E-state index < -0.39 is 0 Å². The van der Waals surface area contributed by atoms with E-state index in [-0.39, 0.29) is 21.5 Å². The van der Waals surface area contributed by atoms with E-state index in [1.165, 1.54) is 12.1 Å². The van der Waals surface area contributed by atoms with Gasteiger partial charge in [-0.25, -0.2) is 0 Å². The first kappa shape index (κ1) is 14.6. The number of hydrogen-bond donors (Lipinski definition) is 2. The van der Waals surface area contributed by atoms with Crippen molar-refractivity contribution >= 4 is 34.8 Å². The number of benzene rings is 1. The number of rotatable bonds is 4. The minimum Gasteiger partial charge on any atom is -0.399 e. The largest absolute Gasteiger partial charge is 0.399 e. The van der Waals surface area contributed by atoms with E-state index in [1.54, 1.807) is 6.92 Å². The Labute approximate surface area is 125 Å². The Kier molecular flexibility index (Phi) is 4.46. The van der Waals surface area contributed by atoms with Crippen molar-refractivity contribution in [1.82, 2.24) is 15.5 Å². The summed E-state index contributed by atoms with van der Waals surface area (Å²) in [6, 6.07) is 2.96. The monoisotopic (exact) mass is 314 g/mol. The van der Waals surface area contributed by atoms with Crippen LogP contribution in [0.3, 0.4) is 0 Å². The van der Waals surface area contributed by atoms with Gasteiger partial charge in [-0.1, -0.05) is 28.4 Å². The fourth-order valence-electron chi connectivity index (χ4n) is 1.60. The molecule has 8 heteroatoms. The summed E-state index contributed by atoms with van der Waals surface area (Å²) in [7, 11) is 0. The van der Waals surface area contributed by atoms with Crippen molar-refractivity contribution in [3.05, 3.63) is 39.5 Å². The summed E-state index contributed by atoms with van der Waals surface area (Å²) < 4.78 is 4.93. The van der Waals surface area contributed by atoms with Gasteiger partial charge in [-0.3, -0.25) is 4.79 Å². The van der Waals surface area contributed by atoms with Gasteiger partial charge in [0, 0.05) is 18.7 Å². The van der Waals surface area contributed by atoms with Crippen molar-refractivity contribution in [1.29, 1.82) is 0 Å². The van der Waals surface area contributed by atoms with Crippen LogP contribution in [0, 0.1) is 6.92 Å². The van der Waals surface area contributed by atoms with Gasteiger partial charge >= 0.3 is 0 Å². The van der Waals surface area contributed by atoms with Gasteiger partial charge in [0.1, 0.15) is 0 Å². The molecule has 1 aromatic carbocycles. The Morgan fingerprint density at radius 3 is 2.85 bits per heavy atom. The van der Waals surface area contributed by atoms with E-state index in [1.807, 2.05) is 0 Å². The molecule has 1 amide bonds. The molecule has 0 fully saturated rings. The zero-order chi connectivity index (χ0) is 14.7. The quantitative estimate of drug-likeness (QED) is 0.844. The minimum absolute atomic E-state index is 0.173. The fraction of sp³-hybridized carbons (Fsp3) is 0.250. The van der Waals surface area contributed by atoms with Crippen molar-refractivity contribution in [3.63, 3.8) is 0 Å². The van der Waals surface area contributed by atoms with Crippen LogP contribution in [-0.4, -0.2) is 22.6 Å². The van der Waals surface area contributed by atoms with Crippen LogP contribution in [0.5, 0.6) is 0 Å². The highest BCUT2D eigenvalue weighted by Gasteiger charge is 2.14. The average Bonchev–Trinajstić information content (AvgIpc) is 2.79. The number of carbonyl (C=O) groups is 1. The minimum atomic E-state index is -0.361. The molecule has 0 aliphatic rings. The molecule has 2 rings (SSSR count). The Morgan fingerprint density at radius 2 is 2.20 bits per heavy atom. The highest BCUT2D eigenvalue weighted by Crippen LogP contribution is 2.28. The molecule has 20 heavy (non-hydrogen) atoms. The standard InChI is InChI=1S/C12H12Cl2N4O2/c1-6-17-10(20-18-6)2-3-16-12(19)8-4-7(15)5-9(13)11(8)14/h4-5H,2-3,15H2,1H3,(H,16,19). The number of nitrogens with one attached hydrogen (secondary N) is 1. The van der Waals surface area contributed by atoms with Gasteiger partial charge in [0.25, 0.3) is 5.91 Å². The first-order valence-corrected chi connectivity index (χ1v) is 6.55. The maximum atomic E-state index is 12.0. The molecule has 0 unspecified atom stereocenters. The normalized spacial score (nSPS) is 10.6. The van der Waals surface area contributed by atoms with E-state index in [2.05, 4.69) is 15.5 Å². The number of nitrogens with zero attached hydrogens (tertiary/aromatic N) is 2.